The van der Waals surface area contributed by atoms with Crippen LogP contribution >= 0.6 is 0 Å². The topological polar surface area (TPSA) is 0 Å². The molecule has 1 aromatic rings. The van der Waals surface area contributed by atoms with Crippen molar-refractivity contribution in [2.45, 2.75) is 59.8 Å². The fraction of sp³-hybridized carbons (Fsp3) is 0.529. The van der Waals surface area contributed by atoms with Gasteiger partial charge in [-0.1, -0.05) is 58.4 Å². The number of hydrogen-bond acceptors (Lipinski definition) is 0. The van der Waals surface area contributed by atoms with Crippen molar-refractivity contribution in [1.29, 1.82) is 0 Å². The van der Waals surface area contributed by atoms with Crippen LogP contribution in [0.25, 0.3) is 6.08 Å². The van der Waals surface area contributed by atoms with E-state index in [4.69, 9.17) is 0 Å². The molecule has 0 nitrogen and oxygen atoms in total. The first kappa shape index (κ1) is 14.0. The molecular weight excluding hydrogens is 204 g/mol. The Morgan fingerprint density at radius 1 is 1.06 bits per heavy atom. The van der Waals surface area contributed by atoms with E-state index in [0.717, 1.165) is 0 Å². The van der Waals surface area contributed by atoms with E-state index in [0.29, 0.717) is 0 Å². The Kier molecular flexibility index (Phi) is 4.56. The maximum atomic E-state index is 2.33. The lowest BCUT2D eigenvalue weighted by Gasteiger charge is -2.21. The molecule has 0 unspecified atom stereocenters. The van der Waals surface area contributed by atoms with Gasteiger partial charge < -0.3 is 0 Å². The second-order valence-corrected chi connectivity index (χ2v) is 5.96. The molecule has 0 saturated carbocycles. The molecule has 0 N–H and O–H groups in total. The molecule has 17 heavy (non-hydrogen) atoms. The number of unbranched alkanes of at least 4 members (excludes halogenated alkanes) is 1. The standard InChI is InChI=1S/C17H26/c1-7-8-9-10-16-13(2)11-15(12-14(16)3)17(4,5)6/h9-12H,7-8H2,1-6H3/b10-9+. The van der Waals surface area contributed by atoms with Gasteiger partial charge in [0.2, 0.25) is 0 Å². The van der Waals surface area contributed by atoms with E-state index >= 15 is 0 Å². The van der Waals surface area contributed by atoms with Gasteiger partial charge in [-0.2, -0.15) is 0 Å². The maximum Gasteiger partial charge on any atom is -0.0132 e. The predicted octanol–water partition coefficient (Wildman–Crippen LogP) is 5.41. The molecule has 1 aromatic carbocycles. The first-order valence-corrected chi connectivity index (χ1v) is 6.64. The van der Waals surface area contributed by atoms with Crippen molar-refractivity contribution in [1.82, 2.24) is 0 Å². The monoisotopic (exact) mass is 230 g/mol. The number of aryl methyl sites for hydroxylation is 2. The van der Waals surface area contributed by atoms with E-state index in [1.807, 2.05) is 0 Å². The third kappa shape index (κ3) is 3.73. The van der Waals surface area contributed by atoms with Crippen LogP contribution in [0.2, 0.25) is 0 Å². The van der Waals surface area contributed by atoms with Gasteiger partial charge in [0.1, 0.15) is 0 Å². The molecule has 0 aliphatic carbocycles. The molecule has 0 aliphatic heterocycles. The molecule has 0 radical (unpaired) electrons. The van der Waals surface area contributed by atoms with Crippen LogP contribution < -0.4 is 0 Å². The van der Waals surface area contributed by atoms with Crippen LogP contribution in [0, 0.1) is 13.8 Å². The summed E-state index contributed by atoms with van der Waals surface area (Å²) in [5, 5.41) is 0. The highest BCUT2D eigenvalue weighted by Crippen LogP contribution is 2.27. The van der Waals surface area contributed by atoms with Gasteiger partial charge in [0.25, 0.3) is 0 Å². The Morgan fingerprint density at radius 2 is 1.59 bits per heavy atom. The van der Waals surface area contributed by atoms with Gasteiger partial charge in [0.15, 0.2) is 0 Å². The average molecular weight is 230 g/mol. The van der Waals surface area contributed by atoms with Crippen LogP contribution in [0.5, 0.6) is 0 Å². The zero-order chi connectivity index (χ0) is 13.1. The van der Waals surface area contributed by atoms with E-state index in [2.05, 4.69) is 65.8 Å². The number of allylic oxidation sites excluding steroid dienone is 1. The smallest absolute Gasteiger partial charge is 0.0132 e. The second-order valence-electron chi connectivity index (χ2n) is 5.96. The Labute approximate surface area is 107 Å². The minimum absolute atomic E-state index is 0.237. The summed E-state index contributed by atoms with van der Waals surface area (Å²) >= 11 is 0. The molecule has 0 spiro atoms. The summed E-state index contributed by atoms with van der Waals surface area (Å²) in [5.74, 6) is 0. The summed E-state index contributed by atoms with van der Waals surface area (Å²) in [6.07, 6.45) is 6.95. The van der Waals surface area contributed by atoms with Gasteiger partial charge in [0.05, 0.1) is 0 Å². The number of benzene rings is 1. The Morgan fingerprint density at radius 3 is 2.00 bits per heavy atom. The lowest BCUT2D eigenvalue weighted by Crippen LogP contribution is -2.12. The third-order valence-electron chi connectivity index (χ3n) is 3.20. The SMILES string of the molecule is CCC/C=C/c1c(C)cc(C(C)(C)C)cc1C. The first-order valence-electron chi connectivity index (χ1n) is 6.64. The van der Waals surface area contributed by atoms with Gasteiger partial charge in [-0.05, 0) is 47.9 Å². The Balaban J connectivity index is 3.11. The summed E-state index contributed by atoms with van der Waals surface area (Å²) in [4.78, 5) is 0. The summed E-state index contributed by atoms with van der Waals surface area (Å²) in [5.41, 5.74) is 5.84. The van der Waals surface area contributed by atoms with Crippen molar-refractivity contribution in [3.8, 4) is 0 Å². The molecule has 94 valence electrons. The highest BCUT2D eigenvalue weighted by Gasteiger charge is 2.15. The van der Waals surface area contributed by atoms with Gasteiger partial charge in [-0.3, -0.25) is 0 Å². The highest BCUT2D eigenvalue weighted by atomic mass is 14.2. The van der Waals surface area contributed by atoms with Crippen molar-refractivity contribution in [3.05, 3.63) is 40.5 Å². The molecule has 0 heterocycles. The second kappa shape index (κ2) is 5.53. The van der Waals surface area contributed by atoms with Crippen molar-refractivity contribution in [3.63, 3.8) is 0 Å². The van der Waals surface area contributed by atoms with Gasteiger partial charge in [0, 0.05) is 0 Å². The van der Waals surface area contributed by atoms with E-state index < -0.39 is 0 Å². The van der Waals surface area contributed by atoms with Gasteiger partial charge >= 0.3 is 0 Å². The van der Waals surface area contributed by atoms with Crippen LogP contribution in [0.4, 0.5) is 0 Å². The van der Waals surface area contributed by atoms with E-state index in [1.165, 1.54) is 35.1 Å². The molecular formula is C17H26. The third-order valence-corrected chi connectivity index (χ3v) is 3.20. The maximum absolute atomic E-state index is 2.33. The fourth-order valence-electron chi connectivity index (χ4n) is 2.04. The highest BCUT2D eigenvalue weighted by molar-refractivity contribution is 5.59. The summed E-state index contributed by atoms with van der Waals surface area (Å²) in [6, 6.07) is 4.66. The molecule has 0 fully saturated rings. The number of hydrogen-bond donors (Lipinski definition) is 0. The molecule has 0 aromatic heterocycles. The molecule has 0 saturated heterocycles. The minimum atomic E-state index is 0.237. The minimum Gasteiger partial charge on any atom is -0.0839 e. The molecule has 0 atom stereocenters. The van der Waals surface area contributed by atoms with Gasteiger partial charge in [-0.15, -0.1) is 0 Å². The van der Waals surface area contributed by atoms with Crippen molar-refractivity contribution >= 4 is 6.08 Å². The molecule has 0 heteroatoms. The largest absolute Gasteiger partial charge is 0.0839 e. The quantitative estimate of drug-likeness (QED) is 0.651. The van der Waals surface area contributed by atoms with E-state index in [1.54, 1.807) is 0 Å². The van der Waals surface area contributed by atoms with Gasteiger partial charge in [-0.25, -0.2) is 0 Å². The van der Waals surface area contributed by atoms with Crippen LogP contribution in [0.3, 0.4) is 0 Å². The summed E-state index contributed by atoms with van der Waals surface area (Å²) in [7, 11) is 0. The lowest BCUT2D eigenvalue weighted by atomic mass is 9.84. The normalized spacial score (nSPS) is 12.4. The van der Waals surface area contributed by atoms with Crippen molar-refractivity contribution < 1.29 is 0 Å². The van der Waals surface area contributed by atoms with Crippen LogP contribution in [-0.4, -0.2) is 0 Å². The van der Waals surface area contributed by atoms with E-state index in [-0.39, 0.29) is 5.41 Å². The Hall–Kier alpha value is -1.04. The Bertz CT molecular complexity index is 380. The van der Waals surface area contributed by atoms with Crippen molar-refractivity contribution in [2.75, 3.05) is 0 Å². The first-order chi connectivity index (χ1) is 7.86. The van der Waals surface area contributed by atoms with Crippen LogP contribution in [-0.2, 0) is 5.41 Å². The molecule has 1 rings (SSSR count). The summed E-state index contributed by atoms with van der Waals surface area (Å²) in [6.45, 7) is 13.5. The average Bonchev–Trinajstić information content (AvgIpc) is 2.20. The van der Waals surface area contributed by atoms with Crippen LogP contribution in [0.15, 0.2) is 18.2 Å². The number of rotatable bonds is 3. The molecule has 0 bridgehead atoms. The predicted molar refractivity (Wildman–Crippen MR) is 78.6 cm³/mol. The van der Waals surface area contributed by atoms with E-state index in [9.17, 15) is 0 Å². The van der Waals surface area contributed by atoms with Crippen molar-refractivity contribution in [2.24, 2.45) is 0 Å². The summed E-state index contributed by atoms with van der Waals surface area (Å²) < 4.78 is 0. The zero-order valence-electron chi connectivity index (χ0n) is 12.2. The molecule has 0 aliphatic rings. The van der Waals surface area contributed by atoms with Crippen LogP contribution in [0.1, 0.15) is 62.8 Å². The lowest BCUT2D eigenvalue weighted by molar-refractivity contribution is 0.589. The molecule has 0 amide bonds. The zero-order valence-corrected chi connectivity index (χ0v) is 12.2. The fourth-order valence-corrected chi connectivity index (χ4v) is 2.04.